The fraction of sp³-hybridized carbons (Fsp3) is 0.538. The molecule has 1 aliphatic rings. The molecule has 1 aromatic rings. The highest BCUT2D eigenvalue weighted by Crippen LogP contribution is 2.20. The zero-order valence-electron chi connectivity index (χ0n) is 10.5. The first-order valence-corrected chi connectivity index (χ1v) is 7.06. The average molecular weight is 312 g/mol. The van der Waals surface area contributed by atoms with E-state index in [4.69, 9.17) is 0 Å². The van der Waals surface area contributed by atoms with E-state index >= 15 is 0 Å². The lowest BCUT2D eigenvalue weighted by atomic mass is 9.98. The molecule has 0 bridgehead atoms. The van der Waals surface area contributed by atoms with Crippen molar-refractivity contribution in [2.75, 3.05) is 26.7 Å². The Labute approximate surface area is 116 Å². The summed E-state index contributed by atoms with van der Waals surface area (Å²) in [6.07, 6.45) is 3.92. The number of rotatable bonds is 3. The predicted octanol–water partition coefficient (Wildman–Crippen LogP) is 1.92. The molecular weight excluding hydrogens is 294 g/mol. The summed E-state index contributed by atoms with van der Waals surface area (Å²) < 4.78 is 0.769. The average Bonchev–Trinajstić information content (AvgIpc) is 2.39. The third-order valence-electron chi connectivity index (χ3n) is 3.26. The van der Waals surface area contributed by atoms with E-state index in [9.17, 15) is 4.79 Å². The lowest BCUT2D eigenvalue weighted by molar-refractivity contribution is 0.0667. The fourth-order valence-electron chi connectivity index (χ4n) is 2.40. The minimum absolute atomic E-state index is 0.0308. The van der Waals surface area contributed by atoms with Gasteiger partial charge >= 0.3 is 0 Å². The van der Waals surface area contributed by atoms with Gasteiger partial charge in [-0.25, -0.2) is 4.98 Å². The lowest BCUT2D eigenvalue weighted by Crippen LogP contribution is -2.42. The number of carbonyl (C=O) groups excluding carboxylic acids is 1. The van der Waals surface area contributed by atoms with Crippen LogP contribution in [0, 0.1) is 5.92 Å². The molecule has 1 aromatic heterocycles. The number of carbonyl (C=O) groups is 1. The maximum atomic E-state index is 12.4. The van der Waals surface area contributed by atoms with E-state index in [2.05, 4.69) is 26.2 Å². The third-order valence-corrected chi connectivity index (χ3v) is 3.90. The summed E-state index contributed by atoms with van der Waals surface area (Å²) >= 11 is 3.39. The molecule has 2 heterocycles. The molecule has 0 radical (unpaired) electrons. The number of nitrogens with zero attached hydrogens (tertiary/aromatic N) is 2. The van der Waals surface area contributed by atoms with E-state index in [1.165, 1.54) is 6.42 Å². The van der Waals surface area contributed by atoms with Gasteiger partial charge in [-0.3, -0.25) is 4.79 Å². The van der Waals surface area contributed by atoms with Gasteiger partial charge in [0.25, 0.3) is 5.91 Å². The summed E-state index contributed by atoms with van der Waals surface area (Å²) in [4.78, 5) is 18.5. The van der Waals surface area contributed by atoms with Crippen molar-refractivity contribution >= 4 is 21.8 Å². The largest absolute Gasteiger partial charge is 0.337 e. The Morgan fingerprint density at radius 2 is 2.50 bits per heavy atom. The first kappa shape index (κ1) is 13.5. The van der Waals surface area contributed by atoms with Gasteiger partial charge in [-0.05, 0) is 60.4 Å². The molecule has 18 heavy (non-hydrogen) atoms. The molecule has 1 unspecified atom stereocenters. The van der Waals surface area contributed by atoms with Gasteiger partial charge in [0.2, 0.25) is 0 Å². The molecular formula is C13H18BrN3O. The smallest absolute Gasteiger partial charge is 0.273 e. The molecule has 0 spiro atoms. The van der Waals surface area contributed by atoms with Crippen LogP contribution >= 0.6 is 15.9 Å². The number of hydrogen-bond donors (Lipinski definition) is 1. The Kier molecular flexibility index (Phi) is 4.72. The number of piperidine rings is 1. The topological polar surface area (TPSA) is 45.2 Å². The van der Waals surface area contributed by atoms with Crippen molar-refractivity contribution < 1.29 is 4.79 Å². The van der Waals surface area contributed by atoms with Crippen LogP contribution in [0.15, 0.2) is 22.8 Å². The zero-order valence-corrected chi connectivity index (χ0v) is 12.1. The Morgan fingerprint density at radius 3 is 3.22 bits per heavy atom. The van der Waals surface area contributed by atoms with Crippen LogP contribution in [0.1, 0.15) is 23.3 Å². The van der Waals surface area contributed by atoms with Gasteiger partial charge < -0.3 is 10.2 Å². The fourth-order valence-corrected chi connectivity index (χ4v) is 2.82. The van der Waals surface area contributed by atoms with Crippen LogP contribution in [0.2, 0.25) is 0 Å². The molecule has 5 heteroatoms. The van der Waals surface area contributed by atoms with E-state index in [1.54, 1.807) is 6.20 Å². The number of hydrogen-bond acceptors (Lipinski definition) is 3. The van der Waals surface area contributed by atoms with E-state index in [0.29, 0.717) is 11.6 Å². The second-order valence-corrected chi connectivity index (χ2v) is 5.51. The van der Waals surface area contributed by atoms with E-state index in [0.717, 1.165) is 30.5 Å². The number of halogens is 1. The van der Waals surface area contributed by atoms with Gasteiger partial charge in [-0.15, -0.1) is 0 Å². The summed E-state index contributed by atoms with van der Waals surface area (Å²) in [5.41, 5.74) is 0.516. The molecule has 1 fully saturated rings. The SMILES string of the molecule is CNCC1CCCN(C(=O)c2ncccc2Br)C1. The molecule has 0 aliphatic carbocycles. The minimum atomic E-state index is 0.0308. The lowest BCUT2D eigenvalue weighted by Gasteiger charge is -2.32. The number of pyridine rings is 1. The van der Waals surface area contributed by atoms with Crippen LogP contribution in [0.25, 0.3) is 0 Å². The molecule has 4 nitrogen and oxygen atoms in total. The summed E-state index contributed by atoms with van der Waals surface area (Å²) in [6.45, 7) is 2.62. The molecule has 1 amide bonds. The van der Waals surface area contributed by atoms with Crippen molar-refractivity contribution in [1.82, 2.24) is 15.2 Å². The third kappa shape index (κ3) is 3.09. The van der Waals surface area contributed by atoms with Crippen LogP contribution in [0.5, 0.6) is 0 Å². The molecule has 0 saturated carbocycles. The van der Waals surface area contributed by atoms with Gasteiger partial charge in [0.05, 0.1) is 0 Å². The second kappa shape index (κ2) is 6.29. The molecule has 0 aromatic carbocycles. The highest BCUT2D eigenvalue weighted by molar-refractivity contribution is 9.10. The summed E-state index contributed by atoms with van der Waals surface area (Å²) in [5.74, 6) is 0.582. The van der Waals surface area contributed by atoms with Gasteiger partial charge in [0.15, 0.2) is 0 Å². The van der Waals surface area contributed by atoms with Crippen LogP contribution in [0.3, 0.4) is 0 Å². The van der Waals surface area contributed by atoms with Crippen LogP contribution < -0.4 is 5.32 Å². The molecule has 1 N–H and O–H groups in total. The molecule has 1 aliphatic heterocycles. The molecule has 2 rings (SSSR count). The number of aromatic nitrogens is 1. The van der Waals surface area contributed by atoms with Crippen molar-refractivity contribution in [1.29, 1.82) is 0 Å². The number of likely N-dealkylation sites (tertiary alicyclic amines) is 1. The minimum Gasteiger partial charge on any atom is -0.337 e. The van der Waals surface area contributed by atoms with Crippen molar-refractivity contribution in [3.63, 3.8) is 0 Å². The van der Waals surface area contributed by atoms with Gasteiger partial charge in [-0.2, -0.15) is 0 Å². The van der Waals surface area contributed by atoms with Gasteiger partial charge in [-0.1, -0.05) is 0 Å². The predicted molar refractivity (Wildman–Crippen MR) is 74.5 cm³/mol. The number of amides is 1. The van der Waals surface area contributed by atoms with Crippen molar-refractivity contribution in [3.8, 4) is 0 Å². The molecule has 1 atom stereocenters. The van der Waals surface area contributed by atoms with E-state index in [-0.39, 0.29) is 5.91 Å². The quantitative estimate of drug-likeness (QED) is 0.927. The highest BCUT2D eigenvalue weighted by Gasteiger charge is 2.25. The van der Waals surface area contributed by atoms with E-state index in [1.807, 2.05) is 24.1 Å². The van der Waals surface area contributed by atoms with Crippen molar-refractivity contribution in [3.05, 3.63) is 28.5 Å². The maximum Gasteiger partial charge on any atom is 0.273 e. The zero-order chi connectivity index (χ0) is 13.0. The van der Waals surface area contributed by atoms with Crippen LogP contribution in [0.4, 0.5) is 0 Å². The first-order valence-electron chi connectivity index (χ1n) is 6.26. The first-order chi connectivity index (χ1) is 8.72. The summed E-state index contributed by atoms with van der Waals surface area (Å²) in [5, 5.41) is 3.19. The highest BCUT2D eigenvalue weighted by atomic mass is 79.9. The van der Waals surface area contributed by atoms with Gasteiger partial charge in [0, 0.05) is 23.8 Å². The number of nitrogens with one attached hydrogen (secondary N) is 1. The second-order valence-electron chi connectivity index (χ2n) is 4.65. The Hall–Kier alpha value is -0.940. The summed E-state index contributed by atoms with van der Waals surface area (Å²) in [7, 11) is 1.95. The Morgan fingerprint density at radius 1 is 1.67 bits per heavy atom. The van der Waals surface area contributed by atoms with Crippen molar-refractivity contribution in [2.24, 2.45) is 5.92 Å². The maximum absolute atomic E-state index is 12.4. The monoisotopic (exact) mass is 311 g/mol. The van der Waals surface area contributed by atoms with Crippen LogP contribution in [-0.4, -0.2) is 42.5 Å². The van der Waals surface area contributed by atoms with Crippen LogP contribution in [-0.2, 0) is 0 Å². The molecule has 98 valence electrons. The summed E-state index contributed by atoms with van der Waals surface area (Å²) in [6, 6.07) is 3.68. The normalized spacial score (nSPS) is 19.9. The molecule has 1 saturated heterocycles. The van der Waals surface area contributed by atoms with Crippen molar-refractivity contribution in [2.45, 2.75) is 12.8 Å². The Balaban J connectivity index is 2.07. The van der Waals surface area contributed by atoms with Gasteiger partial charge in [0.1, 0.15) is 5.69 Å². The van der Waals surface area contributed by atoms with E-state index < -0.39 is 0 Å². The standard InChI is InChI=1S/C13H18BrN3O/c1-15-8-10-4-3-7-17(9-10)13(18)12-11(14)5-2-6-16-12/h2,5-6,10,15H,3-4,7-9H2,1H3. The Bertz CT molecular complexity index is 422.